The van der Waals surface area contributed by atoms with Gasteiger partial charge >= 0.3 is 5.97 Å². The second-order valence-corrected chi connectivity index (χ2v) is 5.84. The molecule has 2 rings (SSSR count). The van der Waals surface area contributed by atoms with E-state index in [1.165, 1.54) is 12.1 Å². The van der Waals surface area contributed by atoms with Gasteiger partial charge in [-0.2, -0.15) is 0 Å². The predicted octanol–water partition coefficient (Wildman–Crippen LogP) is 3.02. The molecular weight excluding hydrogens is 344 g/mol. The van der Waals surface area contributed by atoms with Crippen LogP contribution in [0.25, 0.3) is 0 Å². The molecule has 138 valence electrons. The molecule has 0 bridgehead atoms. The molecule has 0 saturated carbocycles. The monoisotopic (exact) mass is 363 g/mol. The van der Waals surface area contributed by atoms with Gasteiger partial charge in [0.25, 0.3) is 5.91 Å². The highest BCUT2D eigenvalue weighted by atomic mass is 19.2. The Morgan fingerprint density at radius 2 is 1.81 bits per heavy atom. The molecule has 0 aromatic heterocycles. The number of hydrogen-bond donors (Lipinski definition) is 2. The van der Waals surface area contributed by atoms with Crippen molar-refractivity contribution in [2.45, 2.75) is 20.3 Å². The first-order valence-electron chi connectivity index (χ1n) is 7.96. The van der Waals surface area contributed by atoms with Gasteiger partial charge in [0.05, 0.1) is 0 Å². The summed E-state index contributed by atoms with van der Waals surface area (Å²) in [5.74, 6) is -2.86. The van der Waals surface area contributed by atoms with Gasteiger partial charge in [-0.05, 0) is 55.2 Å². The Labute approximate surface area is 149 Å². The Kier molecular flexibility index (Phi) is 6.27. The first-order valence-corrected chi connectivity index (χ1v) is 7.96. The molecule has 0 atom stereocenters. The predicted molar refractivity (Wildman–Crippen MR) is 91.4 cm³/mol. The molecule has 2 aromatic carbocycles. The molecule has 0 aliphatic rings. The minimum absolute atomic E-state index is 0.147. The summed E-state index contributed by atoms with van der Waals surface area (Å²) in [5.41, 5.74) is 1.83. The van der Waals surface area contributed by atoms with Crippen molar-refractivity contribution in [3.05, 3.63) is 64.2 Å². The van der Waals surface area contributed by atoms with Crippen molar-refractivity contribution in [3.63, 3.8) is 0 Å². The lowest BCUT2D eigenvalue weighted by Gasteiger charge is -2.13. The van der Waals surface area contributed by atoms with Crippen LogP contribution in [0.2, 0.25) is 0 Å². The summed E-state index contributed by atoms with van der Waals surface area (Å²) in [7, 11) is 0. The minimum atomic E-state index is -1.09. The van der Waals surface area contributed by atoms with Gasteiger partial charge in [-0.25, -0.2) is 13.6 Å². The van der Waals surface area contributed by atoms with Gasteiger partial charge in [-0.3, -0.25) is 4.79 Å². The van der Waals surface area contributed by atoms with E-state index in [-0.39, 0.29) is 24.4 Å². The topological polar surface area (TPSA) is 75.6 Å². The minimum Gasteiger partial charge on any atom is -0.481 e. The lowest BCUT2D eigenvalue weighted by Crippen LogP contribution is -2.26. The van der Waals surface area contributed by atoms with E-state index in [0.717, 1.165) is 6.07 Å². The van der Waals surface area contributed by atoms with E-state index in [9.17, 15) is 18.4 Å². The molecule has 0 unspecified atom stereocenters. The molecule has 5 nitrogen and oxygen atoms in total. The maximum absolute atomic E-state index is 13.6. The number of aryl methyl sites for hydroxylation is 2. The van der Waals surface area contributed by atoms with Crippen LogP contribution in [-0.2, 0) is 11.2 Å². The molecular formula is C19H19F2NO4. The van der Waals surface area contributed by atoms with Crippen molar-refractivity contribution in [1.29, 1.82) is 0 Å². The highest BCUT2D eigenvalue weighted by Crippen LogP contribution is 2.25. The zero-order chi connectivity index (χ0) is 19.3. The van der Waals surface area contributed by atoms with Gasteiger partial charge in [0.2, 0.25) is 0 Å². The number of carbonyl (C=O) groups is 2. The summed E-state index contributed by atoms with van der Waals surface area (Å²) in [6, 6.07) is 7.09. The van der Waals surface area contributed by atoms with E-state index < -0.39 is 24.2 Å². The standard InChI is InChI=1S/C19H19F2NO4/c1-11-8-14(9-12(2)18(11)26-10-16(23)24)19(25)22-7-6-13-4-3-5-15(20)17(13)21/h3-5,8-9H,6-7,10H2,1-2H3,(H,22,25)(H,23,24). The van der Waals surface area contributed by atoms with Gasteiger partial charge in [0.1, 0.15) is 5.75 Å². The number of hydrogen-bond acceptors (Lipinski definition) is 3. The third-order valence-electron chi connectivity index (χ3n) is 3.77. The second-order valence-electron chi connectivity index (χ2n) is 5.84. The third kappa shape index (κ3) is 4.78. The fraction of sp³-hybridized carbons (Fsp3) is 0.263. The van der Waals surface area contributed by atoms with Crippen molar-refractivity contribution in [1.82, 2.24) is 5.32 Å². The van der Waals surface area contributed by atoms with Crippen LogP contribution in [0.5, 0.6) is 5.75 Å². The van der Waals surface area contributed by atoms with Crippen LogP contribution in [0.1, 0.15) is 27.0 Å². The molecule has 2 N–H and O–H groups in total. The van der Waals surface area contributed by atoms with Crippen molar-refractivity contribution in [3.8, 4) is 5.75 Å². The van der Waals surface area contributed by atoms with Gasteiger partial charge < -0.3 is 15.2 Å². The number of benzene rings is 2. The Balaban J connectivity index is 2.01. The van der Waals surface area contributed by atoms with Gasteiger partial charge in [0, 0.05) is 12.1 Å². The quantitative estimate of drug-likeness (QED) is 0.793. The lowest BCUT2D eigenvalue weighted by molar-refractivity contribution is -0.139. The molecule has 0 radical (unpaired) electrons. The average molecular weight is 363 g/mol. The number of amides is 1. The molecule has 0 aliphatic heterocycles. The van der Waals surface area contributed by atoms with Crippen molar-refractivity contribution >= 4 is 11.9 Å². The average Bonchev–Trinajstić information content (AvgIpc) is 2.57. The van der Waals surface area contributed by atoms with E-state index in [4.69, 9.17) is 9.84 Å². The van der Waals surface area contributed by atoms with Crippen molar-refractivity contribution in [2.24, 2.45) is 0 Å². The van der Waals surface area contributed by atoms with E-state index in [1.54, 1.807) is 26.0 Å². The number of nitrogens with one attached hydrogen (secondary N) is 1. The molecule has 1 amide bonds. The van der Waals surface area contributed by atoms with E-state index in [2.05, 4.69) is 5.32 Å². The first-order chi connectivity index (χ1) is 12.3. The molecule has 0 aliphatic carbocycles. The molecule has 0 fully saturated rings. The Hall–Kier alpha value is -2.96. The summed E-state index contributed by atoms with van der Waals surface area (Å²) in [6.07, 6.45) is 0.160. The van der Waals surface area contributed by atoms with Crippen molar-refractivity contribution < 1.29 is 28.2 Å². The molecule has 0 heterocycles. The largest absolute Gasteiger partial charge is 0.481 e. The van der Waals surface area contributed by atoms with E-state index >= 15 is 0 Å². The molecule has 7 heteroatoms. The number of carbonyl (C=O) groups excluding carboxylic acids is 1. The number of aliphatic carboxylic acids is 1. The van der Waals surface area contributed by atoms with Crippen LogP contribution in [-0.4, -0.2) is 30.1 Å². The Bertz CT molecular complexity index is 813. The van der Waals surface area contributed by atoms with Crippen LogP contribution < -0.4 is 10.1 Å². The van der Waals surface area contributed by atoms with Gasteiger partial charge in [-0.1, -0.05) is 12.1 Å². The zero-order valence-electron chi connectivity index (χ0n) is 14.4. The van der Waals surface area contributed by atoms with E-state index in [1.807, 2.05) is 0 Å². The number of ether oxygens (including phenoxy) is 1. The SMILES string of the molecule is Cc1cc(C(=O)NCCc2cccc(F)c2F)cc(C)c1OCC(=O)O. The summed E-state index contributed by atoms with van der Waals surface area (Å²) in [4.78, 5) is 22.9. The number of rotatable bonds is 7. The highest BCUT2D eigenvalue weighted by molar-refractivity contribution is 5.94. The van der Waals surface area contributed by atoms with Gasteiger partial charge in [0.15, 0.2) is 18.2 Å². The van der Waals surface area contributed by atoms with Gasteiger partial charge in [-0.15, -0.1) is 0 Å². The van der Waals surface area contributed by atoms with Crippen LogP contribution in [0.3, 0.4) is 0 Å². The first kappa shape index (κ1) is 19.4. The van der Waals surface area contributed by atoms with Crippen LogP contribution in [0.4, 0.5) is 8.78 Å². The second kappa shape index (κ2) is 8.42. The van der Waals surface area contributed by atoms with E-state index in [0.29, 0.717) is 22.4 Å². The molecule has 0 spiro atoms. The zero-order valence-corrected chi connectivity index (χ0v) is 14.4. The Morgan fingerprint density at radius 3 is 2.42 bits per heavy atom. The smallest absolute Gasteiger partial charge is 0.341 e. The maximum Gasteiger partial charge on any atom is 0.341 e. The number of carboxylic acid groups (broad SMARTS) is 1. The molecule has 2 aromatic rings. The summed E-state index contributed by atoms with van der Waals surface area (Å²) < 4.78 is 32.0. The fourth-order valence-corrected chi connectivity index (χ4v) is 2.60. The van der Waals surface area contributed by atoms with Crippen molar-refractivity contribution in [2.75, 3.05) is 13.2 Å². The van der Waals surface area contributed by atoms with Crippen LogP contribution in [0, 0.1) is 25.5 Å². The molecule has 26 heavy (non-hydrogen) atoms. The fourth-order valence-electron chi connectivity index (χ4n) is 2.60. The maximum atomic E-state index is 13.6. The number of halogens is 2. The summed E-state index contributed by atoms with van der Waals surface area (Å²) >= 11 is 0. The Morgan fingerprint density at radius 1 is 1.15 bits per heavy atom. The third-order valence-corrected chi connectivity index (χ3v) is 3.77. The lowest BCUT2D eigenvalue weighted by atomic mass is 10.0. The van der Waals surface area contributed by atoms with Crippen LogP contribution >= 0.6 is 0 Å². The number of carboxylic acids is 1. The summed E-state index contributed by atoms with van der Waals surface area (Å²) in [6.45, 7) is 3.10. The van der Waals surface area contributed by atoms with Crippen LogP contribution in [0.15, 0.2) is 30.3 Å². The normalized spacial score (nSPS) is 10.5. The summed E-state index contributed by atoms with van der Waals surface area (Å²) in [5, 5.41) is 11.3. The molecule has 0 saturated heterocycles. The highest BCUT2D eigenvalue weighted by Gasteiger charge is 2.13.